The van der Waals surface area contributed by atoms with Crippen molar-refractivity contribution in [3.63, 3.8) is 0 Å². The normalized spacial score (nSPS) is 15.5. The molecule has 3 rings (SSSR count). The third-order valence-electron chi connectivity index (χ3n) is 5.65. The predicted octanol–water partition coefficient (Wildman–Crippen LogP) is 3.24. The van der Waals surface area contributed by atoms with E-state index in [0.717, 1.165) is 44.1 Å². The number of carbonyl (C=O) groups is 2. The van der Waals surface area contributed by atoms with Crippen molar-refractivity contribution in [1.29, 1.82) is 5.26 Å². The zero-order valence-electron chi connectivity index (χ0n) is 18.0. The van der Waals surface area contributed by atoms with Gasteiger partial charge in [-0.05, 0) is 18.4 Å². The summed E-state index contributed by atoms with van der Waals surface area (Å²) in [4.78, 5) is 30.6. The Morgan fingerprint density at radius 3 is 2.55 bits per heavy atom. The van der Waals surface area contributed by atoms with Crippen molar-refractivity contribution in [2.75, 3.05) is 6.54 Å². The summed E-state index contributed by atoms with van der Waals surface area (Å²) in [6.45, 7) is 1.91. The number of nitriles is 1. The lowest BCUT2D eigenvalue weighted by Crippen LogP contribution is -2.45. The minimum atomic E-state index is -0.603. The second-order valence-corrected chi connectivity index (χ2v) is 8.08. The van der Waals surface area contributed by atoms with E-state index in [1.807, 2.05) is 30.3 Å². The summed E-state index contributed by atoms with van der Waals surface area (Å²) in [5, 5.41) is 16.3. The van der Waals surface area contributed by atoms with Crippen molar-refractivity contribution in [1.82, 2.24) is 20.4 Å². The van der Waals surface area contributed by atoms with Crippen LogP contribution in [-0.4, -0.2) is 33.4 Å². The number of amides is 2. The number of carbonyl (C=O) groups excluding carboxylic acids is 2. The Kier molecular flexibility index (Phi) is 7.76. The van der Waals surface area contributed by atoms with Gasteiger partial charge in [-0.15, -0.1) is 0 Å². The van der Waals surface area contributed by atoms with E-state index in [0.29, 0.717) is 24.7 Å². The lowest BCUT2D eigenvalue weighted by atomic mass is 9.89. The molecule has 1 aliphatic rings. The fourth-order valence-electron chi connectivity index (χ4n) is 4.12. The lowest BCUT2D eigenvalue weighted by molar-refractivity contribution is -0.131. The molecule has 1 fully saturated rings. The van der Waals surface area contributed by atoms with Gasteiger partial charge in [0.05, 0.1) is 6.07 Å². The van der Waals surface area contributed by atoms with Gasteiger partial charge in [0, 0.05) is 26.3 Å². The van der Waals surface area contributed by atoms with E-state index >= 15 is 0 Å². The summed E-state index contributed by atoms with van der Waals surface area (Å²) in [5.41, 5.74) is 0.366. The smallest absolute Gasteiger partial charge is 0.227 e. The average molecular weight is 424 g/mol. The minimum Gasteiger partial charge on any atom is -0.343 e. The van der Waals surface area contributed by atoms with Gasteiger partial charge in [-0.1, -0.05) is 61.2 Å². The van der Waals surface area contributed by atoms with Crippen LogP contribution in [0.15, 0.2) is 34.9 Å². The van der Waals surface area contributed by atoms with Crippen molar-refractivity contribution in [3.8, 4) is 6.07 Å². The standard InChI is InChI=1S/C23H29N5O3/c1-18(29)26-23(13-7-2-3-8-14-23)22-25-20(31-27-22)11-12-21(30)28(16-15-24)17-19-9-5-4-6-10-19/h4-6,9-10H,2-3,7-8,11-14,16-17H2,1H3,(H,26,29). The maximum absolute atomic E-state index is 12.7. The van der Waals surface area contributed by atoms with E-state index in [1.54, 1.807) is 0 Å². The Bertz CT molecular complexity index is 911. The highest BCUT2D eigenvalue weighted by Gasteiger charge is 2.38. The number of aryl methyl sites for hydroxylation is 1. The van der Waals surface area contributed by atoms with E-state index in [-0.39, 0.29) is 24.8 Å². The van der Waals surface area contributed by atoms with Gasteiger partial charge in [-0.2, -0.15) is 10.2 Å². The Morgan fingerprint density at radius 2 is 1.90 bits per heavy atom. The van der Waals surface area contributed by atoms with E-state index in [9.17, 15) is 9.59 Å². The monoisotopic (exact) mass is 423 g/mol. The SMILES string of the molecule is CC(=O)NC1(c2noc(CCC(=O)N(CC#N)Cc3ccccc3)n2)CCCCCC1. The van der Waals surface area contributed by atoms with Crippen LogP contribution in [0.25, 0.3) is 0 Å². The molecule has 1 saturated carbocycles. The minimum absolute atomic E-state index is 0.0223. The van der Waals surface area contributed by atoms with Gasteiger partial charge in [0.1, 0.15) is 12.1 Å². The Labute approximate surface area is 182 Å². The van der Waals surface area contributed by atoms with Gasteiger partial charge in [-0.25, -0.2) is 0 Å². The zero-order valence-corrected chi connectivity index (χ0v) is 18.0. The molecule has 1 aromatic carbocycles. The molecule has 8 heteroatoms. The molecule has 0 spiro atoms. The highest BCUT2D eigenvalue weighted by atomic mass is 16.5. The van der Waals surface area contributed by atoms with Crippen molar-refractivity contribution >= 4 is 11.8 Å². The van der Waals surface area contributed by atoms with Gasteiger partial charge in [0.2, 0.25) is 17.7 Å². The summed E-state index contributed by atoms with van der Waals surface area (Å²) < 4.78 is 5.43. The molecular formula is C23H29N5O3. The second kappa shape index (κ2) is 10.7. The second-order valence-electron chi connectivity index (χ2n) is 8.08. The quantitative estimate of drug-likeness (QED) is 0.515. The van der Waals surface area contributed by atoms with Crippen LogP contribution in [0.5, 0.6) is 0 Å². The molecule has 2 aromatic rings. The molecule has 164 valence electrons. The molecule has 0 saturated heterocycles. The highest BCUT2D eigenvalue weighted by molar-refractivity contribution is 5.76. The molecule has 1 aromatic heterocycles. The summed E-state index contributed by atoms with van der Waals surface area (Å²) in [6, 6.07) is 11.6. The average Bonchev–Trinajstić information content (AvgIpc) is 3.12. The fourth-order valence-corrected chi connectivity index (χ4v) is 4.12. The summed E-state index contributed by atoms with van der Waals surface area (Å²) in [6.07, 6.45) is 6.24. The van der Waals surface area contributed by atoms with Crippen LogP contribution in [0.1, 0.15) is 69.1 Å². The molecule has 1 aliphatic carbocycles. The zero-order chi connectivity index (χ0) is 22.1. The van der Waals surface area contributed by atoms with Crippen LogP contribution in [0.4, 0.5) is 0 Å². The molecule has 31 heavy (non-hydrogen) atoms. The van der Waals surface area contributed by atoms with Crippen molar-refractivity contribution < 1.29 is 14.1 Å². The molecule has 2 amide bonds. The number of hydrogen-bond donors (Lipinski definition) is 1. The third-order valence-corrected chi connectivity index (χ3v) is 5.65. The van der Waals surface area contributed by atoms with Crippen molar-refractivity contribution in [2.45, 2.75) is 70.4 Å². The summed E-state index contributed by atoms with van der Waals surface area (Å²) >= 11 is 0. The topological polar surface area (TPSA) is 112 Å². The first-order chi connectivity index (χ1) is 15.0. The first-order valence-electron chi connectivity index (χ1n) is 10.8. The Hall–Kier alpha value is -3.21. The first kappa shape index (κ1) is 22.5. The van der Waals surface area contributed by atoms with Crippen LogP contribution in [-0.2, 0) is 28.1 Å². The largest absolute Gasteiger partial charge is 0.343 e. The molecule has 0 atom stereocenters. The van der Waals surface area contributed by atoms with Gasteiger partial charge in [0.15, 0.2) is 5.82 Å². The van der Waals surface area contributed by atoms with Crippen LogP contribution < -0.4 is 5.32 Å². The number of hydrogen-bond acceptors (Lipinski definition) is 6. The molecule has 0 unspecified atom stereocenters. The number of nitrogens with one attached hydrogen (secondary N) is 1. The van der Waals surface area contributed by atoms with E-state index < -0.39 is 5.54 Å². The number of aromatic nitrogens is 2. The molecule has 0 aliphatic heterocycles. The first-order valence-corrected chi connectivity index (χ1v) is 10.8. The van der Waals surface area contributed by atoms with Crippen LogP contribution in [0.2, 0.25) is 0 Å². The van der Waals surface area contributed by atoms with Crippen molar-refractivity contribution in [2.24, 2.45) is 0 Å². The maximum Gasteiger partial charge on any atom is 0.227 e. The summed E-state index contributed by atoms with van der Waals surface area (Å²) in [5.74, 6) is 0.604. The van der Waals surface area contributed by atoms with Crippen molar-refractivity contribution in [3.05, 3.63) is 47.6 Å². The lowest BCUT2D eigenvalue weighted by Gasteiger charge is -2.30. The molecular weight excluding hydrogens is 394 g/mol. The molecule has 0 radical (unpaired) electrons. The van der Waals surface area contributed by atoms with Gasteiger partial charge in [-0.3, -0.25) is 9.59 Å². The number of rotatable bonds is 8. The Morgan fingerprint density at radius 1 is 1.19 bits per heavy atom. The van der Waals surface area contributed by atoms with Gasteiger partial charge < -0.3 is 14.7 Å². The number of benzene rings is 1. The van der Waals surface area contributed by atoms with E-state index in [2.05, 4.69) is 21.5 Å². The van der Waals surface area contributed by atoms with Crippen LogP contribution in [0.3, 0.4) is 0 Å². The third kappa shape index (κ3) is 6.14. The molecule has 1 heterocycles. The Balaban J connectivity index is 1.65. The fraction of sp³-hybridized carbons (Fsp3) is 0.522. The van der Waals surface area contributed by atoms with Crippen LogP contribution >= 0.6 is 0 Å². The number of nitrogens with zero attached hydrogens (tertiary/aromatic N) is 4. The summed E-state index contributed by atoms with van der Waals surface area (Å²) in [7, 11) is 0. The maximum atomic E-state index is 12.7. The van der Waals surface area contributed by atoms with Gasteiger partial charge >= 0.3 is 0 Å². The highest BCUT2D eigenvalue weighted by Crippen LogP contribution is 2.34. The van der Waals surface area contributed by atoms with E-state index in [4.69, 9.17) is 9.78 Å². The molecule has 8 nitrogen and oxygen atoms in total. The molecule has 0 bridgehead atoms. The van der Waals surface area contributed by atoms with Gasteiger partial charge in [0.25, 0.3) is 0 Å². The molecule has 1 N–H and O–H groups in total. The van der Waals surface area contributed by atoms with E-state index in [1.165, 1.54) is 11.8 Å². The van der Waals surface area contributed by atoms with Crippen LogP contribution in [0, 0.1) is 11.3 Å². The predicted molar refractivity (Wildman–Crippen MR) is 113 cm³/mol.